The smallest absolute Gasteiger partial charge is 0.354 e. The van der Waals surface area contributed by atoms with Crippen LogP contribution in [0.5, 0.6) is 0 Å². The van der Waals surface area contributed by atoms with Gasteiger partial charge in [-0.1, -0.05) is 13.8 Å². The number of amides is 2. The molecule has 1 heterocycles. The summed E-state index contributed by atoms with van der Waals surface area (Å²) in [6, 6.07) is 3.15. The van der Waals surface area contributed by atoms with Crippen molar-refractivity contribution >= 4 is 17.7 Å². The second-order valence-corrected chi connectivity index (χ2v) is 5.77. The quantitative estimate of drug-likeness (QED) is 0.844. The number of aromatic carboxylic acids is 1. The van der Waals surface area contributed by atoms with Gasteiger partial charge in [-0.25, -0.2) is 14.6 Å². The highest BCUT2D eigenvalue weighted by Crippen LogP contribution is 2.28. The Morgan fingerprint density at radius 2 is 2.14 bits per heavy atom. The van der Waals surface area contributed by atoms with Crippen LogP contribution in [0.25, 0.3) is 0 Å². The number of hydrogen-bond donors (Lipinski definition) is 2. The molecule has 2 rings (SSSR count). The van der Waals surface area contributed by atoms with E-state index < -0.39 is 5.97 Å². The van der Waals surface area contributed by atoms with Crippen LogP contribution in [-0.2, 0) is 0 Å². The molecule has 2 N–H and O–H groups in total. The molecule has 1 aliphatic carbocycles. The first-order chi connectivity index (χ1) is 9.97. The van der Waals surface area contributed by atoms with Crippen molar-refractivity contribution < 1.29 is 14.7 Å². The number of carboxylic acid groups (broad SMARTS) is 1. The fourth-order valence-electron chi connectivity index (χ4n) is 2.02. The predicted octanol–water partition coefficient (Wildman–Crippen LogP) is 2.82. The molecule has 0 saturated heterocycles. The fourth-order valence-corrected chi connectivity index (χ4v) is 2.02. The van der Waals surface area contributed by atoms with Crippen LogP contribution in [0.2, 0.25) is 0 Å². The molecular formula is C15H21N3O3. The van der Waals surface area contributed by atoms with Crippen LogP contribution in [-0.4, -0.2) is 39.6 Å². The zero-order chi connectivity index (χ0) is 15.4. The summed E-state index contributed by atoms with van der Waals surface area (Å²) in [5, 5.41) is 11.6. The van der Waals surface area contributed by atoms with E-state index in [2.05, 4.69) is 24.1 Å². The number of nitrogens with one attached hydrogen (secondary N) is 1. The van der Waals surface area contributed by atoms with Gasteiger partial charge in [0.2, 0.25) is 0 Å². The van der Waals surface area contributed by atoms with Crippen LogP contribution in [0.1, 0.15) is 43.6 Å². The molecule has 114 valence electrons. The summed E-state index contributed by atoms with van der Waals surface area (Å²) < 4.78 is 0. The van der Waals surface area contributed by atoms with Gasteiger partial charge in [0, 0.05) is 12.6 Å². The topological polar surface area (TPSA) is 82.5 Å². The summed E-state index contributed by atoms with van der Waals surface area (Å²) in [5.74, 6) is -0.528. The molecule has 0 aromatic carbocycles. The van der Waals surface area contributed by atoms with Crippen LogP contribution in [0.15, 0.2) is 18.3 Å². The molecule has 1 aliphatic rings. The molecule has 1 aromatic heterocycles. The van der Waals surface area contributed by atoms with E-state index in [1.165, 1.54) is 12.3 Å². The SMILES string of the molecule is CC(C)CCN(C(=O)Nc1ccc(C(=O)O)nc1)C1CC1. The van der Waals surface area contributed by atoms with Gasteiger partial charge in [-0.2, -0.15) is 0 Å². The third kappa shape index (κ3) is 4.44. The van der Waals surface area contributed by atoms with Crippen molar-refractivity contribution in [2.24, 2.45) is 5.92 Å². The molecule has 2 amide bonds. The van der Waals surface area contributed by atoms with Gasteiger partial charge in [-0.05, 0) is 37.3 Å². The minimum absolute atomic E-state index is 0.0353. The van der Waals surface area contributed by atoms with Crippen LogP contribution < -0.4 is 5.32 Å². The second-order valence-electron chi connectivity index (χ2n) is 5.77. The highest BCUT2D eigenvalue weighted by atomic mass is 16.4. The Kier molecular flexibility index (Phi) is 4.77. The molecule has 0 aliphatic heterocycles. The largest absolute Gasteiger partial charge is 0.477 e. The van der Waals surface area contributed by atoms with Gasteiger partial charge in [0.15, 0.2) is 0 Å². The van der Waals surface area contributed by atoms with Gasteiger partial charge in [0.1, 0.15) is 5.69 Å². The Balaban J connectivity index is 1.96. The van der Waals surface area contributed by atoms with E-state index in [1.54, 1.807) is 6.07 Å². The van der Waals surface area contributed by atoms with E-state index in [0.717, 1.165) is 25.8 Å². The van der Waals surface area contributed by atoms with Gasteiger partial charge >= 0.3 is 12.0 Å². The third-order valence-electron chi connectivity index (χ3n) is 3.43. The van der Waals surface area contributed by atoms with Crippen molar-refractivity contribution in [3.63, 3.8) is 0 Å². The summed E-state index contributed by atoms with van der Waals surface area (Å²) in [6.45, 7) is 5.02. The second kappa shape index (κ2) is 6.56. The molecule has 0 bridgehead atoms. The number of urea groups is 1. The lowest BCUT2D eigenvalue weighted by atomic mass is 10.1. The average Bonchev–Trinajstić information content (AvgIpc) is 3.23. The van der Waals surface area contributed by atoms with Gasteiger partial charge in [0.25, 0.3) is 0 Å². The first kappa shape index (κ1) is 15.3. The van der Waals surface area contributed by atoms with E-state index in [0.29, 0.717) is 17.6 Å². The molecule has 0 unspecified atom stereocenters. The highest BCUT2D eigenvalue weighted by molar-refractivity contribution is 5.90. The number of carbonyl (C=O) groups excluding carboxylic acids is 1. The highest BCUT2D eigenvalue weighted by Gasteiger charge is 2.32. The third-order valence-corrected chi connectivity index (χ3v) is 3.43. The van der Waals surface area contributed by atoms with Crippen molar-refractivity contribution in [3.05, 3.63) is 24.0 Å². The van der Waals surface area contributed by atoms with Crippen LogP contribution in [0.3, 0.4) is 0 Å². The van der Waals surface area contributed by atoms with Gasteiger partial charge < -0.3 is 15.3 Å². The van der Waals surface area contributed by atoms with Crippen LogP contribution in [0, 0.1) is 5.92 Å². The fraction of sp³-hybridized carbons (Fsp3) is 0.533. The molecule has 6 heteroatoms. The summed E-state index contributed by atoms with van der Waals surface area (Å²) in [4.78, 5) is 28.7. The molecule has 1 aromatic rings. The Morgan fingerprint density at radius 3 is 2.62 bits per heavy atom. The monoisotopic (exact) mass is 291 g/mol. The summed E-state index contributed by atoms with van der Waals surface area (Å²) in [7, 11) is 0. The predicted molar refractivity (Wildman–Crippen MR) is 79.4 cm³/mol. The van der Waals surface area contributed by atoms with Gasteiger partial charge in [-0.15, -0.1) is 0 Å². The molecular weight excluding hydrogens is 270 g/mol. The molecule has 1 fully saturated rings. The van der Waals surface area contributed by atoms with Gasteiger partial charge in [-0.3, -0.25) is 0 Å². The number of aromatic nitrogens is 1. The number of carbonyl (C=O) groups is 2. The van der Waals surface area contributed by atoms with Crippen molar-refractivity contribution in [3.8, 4) is 0 Å². The van der Waals surface area contributed by atoms with Crippen molar-refractivity contribution in [1.82, 2.24) is 9.88 Å². The van der Waals surface area contributed by atoms with Gasteiger partial charge in [0.05, 0.1) is 11.9 Å². The minimum Gasteiger partial charge on any atom is -0.477 e. The maximum absolute atomic E-state index is 12.3. The Morgan fingerprint density at radius 1 is 1.43 bits per heavy atom. The lowest BCUT2D eigenvalue weighted by Gasteiger charge is -2.23. The average molecular weight is 291 g/mol. The normalized spacial score (nSPS) is 14.0. The molecule has 0 radical (unpaired) electrons. The molecule has 0 spiro atoms. The number of pyridine rings is 1. The first-order valence-electron chi connectivity index (χ1n) is 7.24. The first-order valence-corrected chi connectivity index (χ1v) is 7.24. The molecule has 1 saturated carbocycles. The number of anilines is 1. The van der Waals surface area contributed by atoms with Crippen molar-refractivity contribution in [2.45, 2.75) is 39.2 Å². The maximum Gasteiger partial charge on any atom is 0.354 e. The minimum atomic E-state index is -1.08. The number of rotatable bonds is 6. The van der Waals surface area contributed by atoms with E-state index in [1.807, 2.05) is 4.90 Å². The Hall–Kier alpha value is -2.11. The van der Waals surface area contributed by atoms with Crippen LogP contribution >= 0.6 is 0 Å². The van der Waals surface area contributed by atoms with E-state index in [4.69, 9.17) is 5.11 Å². The molecule has 0 atom stereocenters. The summed E-state index contributed by atoms with van der Waals surface area (Å²) in [6.07, 6.45) is 4.46. The zero-order valence-electron chi connectivity index (χ0n) is 12.4. The number of carboxylic acids is 1. The molecule has 21 heavy (non-hydrogen) atoms. The van der Waals surface area contributed by atoms with Crippen molar-refractivity contribution in [1.29, 1.82) is 0 Å². The lowest BCUT2D eigenvalue weighted by molar-refractivity contribution is 0.0690. The standard InChI is InChI=1S/C15H21N3O3/c1-10(2)7-8-18(12-4-5-12)15(21)17-11-3-6-13(14(19)20)16-9-11/h3,6,9-10,12H,4-5,7-8H2,1-2H3,(H,17,21)(H,19,20). The summed E-state index contributed by atoms with van der Waals surface area (Å²) >= 11 is 0. The van der Waals surface area contributed by atoms with E-state index in [-0.39, 0.29) is 11.7 Å². The maximum atomic E-state index is 12.3. The Labute approximate surface area is 124 Å². The number of nitrogens with zero attached hydrogens (tertiary/aromatic N) is 2. The number of hydrogen-bond acceptors (Lipinski definition) is 3. The van der Waals surface area contributed by atoms with Crippen LogP contribution in [0.4, 0.5) is 10.5 Å². The van der Waals surface area contributed by atoms with E-state index >= 15 is 0 Å². The lowest BCUT2D eigenvalue weighted by Crippen LogP contribution is -2.38. The zero-order valence-corrected chi connectivity index (χ0v) is 12.4. The van der Waals surface area contributed by atoms with E-state index in [9.17, 15) is 9.59 Å². The Bertz CT molecular complexity index is 509. The van der Waals surface area contributed by atoms with Crippen molar-refractivity contribution in [2.75, 3.05) is 11.9 Å². The summed E-state index contributed by atoms with van der Waals surface area (Å²) in [5.41, 5.74) is 0.479. The molecule has 6 nitrogen and oxygen atoms in total.